The maximum absolute atomic E-state index is 13.6. The summed E-state index contributed by atoms with van der Waals surface area (Å²) in [6, 6.07) is 11.4. The average Bonchev–Trinajstić information content (AvgIpc) is 3.49. The Morgan fingerprint density at radius 3 is 2.70 bits per heavy atom. The highest BCUT2D eigenvalue weighted by molar-refractivity contribution is 8.08. The third-order valence-corrected chi connectivity index (χ3v) is 8.50. The highest BCUT2D eigenvalue weighted by Gasteiger charge is 2.33. The predicted octanol–water partition coefficient (Wildman–Crippen LogP) is 2.89. The Hall–Kier alpha value is -4.16. The van der Waals surface area contributed by atoms with E-state index in [2.05, 4.69) is 11.7 Å². The smallest absolute Gasteiger partial charge is 0.283 e. The Morgan fingerprint density at radius 1 is 1.22 bits per heavy atom. The number of ether oxygens (including phenoxy) is 1. The number of nitrogens with zero attached hydrogens (tertiary/aromatic N) is 5. The molecule has 0 unspecified atom stereocenters. The van der Waals surface area contributed by atoms with Crippen LogP contribution < -0.4 is 29.4 Å². The van der Waals surface area contributed by atoms with Crippen LogP contribution >= 0.6 is 23.1 Å². The Bertz CT molecular complexity index is 1700. The van der Waals surface area contributed by atoms with Crippen molar-refractivity contribution in [3.05, 3.63) is 84.8 Å². The van der Waals surface area contributed by atoms with Gasteiger partial charge in [0.25, 0.3) is 17.2 Å². The van der Waals surface area contributed by atoms with Gasteiger partial charge in [-0.3, -0.25) is 24.3 Å². The van der Waals surface area contributed by atoms with E-state index in [0.29, 0.717) is 20.7 Å². The first kappa shape index (κ1) is 24.5. The molecule has 10 nitrogen and oxygen atoms in total. The molecule has 0 N–H and O–H groups in total. The van der Waals surface area contributed by atoms with Crippen LogP contribution in [0.5, 0.6) is 5.75 Å². The van der Waals surface area contributed by atoms with Gasteiger partial charge >= 0.3 is 0 Å². The second kappa shape index (κ2) is 9.37. The molecule has 2 aliphatic heterocycles. The number of thioether (sulfide) groups is 1. The Balaban J connectivity index is 1.69. The number of benzene rings is 2. The van der Waals surface area contributed by atoms with Gasteiger partial charge in [-0.15, -0.1) is 17.9 Å². The van der Waals surface area contributed by atoms with Gasteiger partial charge in [0.15, 0.2) is 0 Å². The number of thiazole rings is 1. The SMILES string of the molecule is C=CCn1c(=C2C(=O)N(c3cccc([N+](=O)[O-])c3)N=C2C)s/c(=C2\Sc3ccc(OC)cc3N2C)c1=O. The first-order valence-corrected chi connectivity index (χ1v) is 12.7. The Labute approximate surface area is 219 Å². The van der Waals surface area contributed by atoms with E-state index in [1.54, 1.807) is 26.2 Å². The zero-order valence-electron chi connectivity index (χ0n) is 20.1. The number of carbonyl (C=O) groups is 1. The number of non-ortho nitro benzene ring substituents is 1. The summed E-state index contributed by atoms with van der Waals surface area (Å²) in [6.07, 6.45) is 1.60. The summed E-state index contributed by atoms with van der Waals surface area (Å²) in [5, 5.41) is 17.5. The lowest BCUT2D eigenvalue weighted by Gasteiger charge is -2.13. The van der Waals surface area contributed by atoms with E-state index >= 15 is 0 Å². The standard InChI is InChI=1S/C25H21N5O5S2/c1-5-11-28-23(32)21(25-27(3)18-13-17(35-4)9-10-19(18)36-25)37-24(28)20-14(2)26-29(22(20)31)15-7-6-8-16(12-15)30(33)34/h5-10,12-13H,1,11H2,2-4H3/b24-20?,25-21-. The molecule has 3 aromatic rings. The molecule has 0 atom stereocenters. The average molecular weight is 536 g/mol. The fraction of sp³-hybridized carbons (Fsp3) is 0.160. The molecular formula is C25H21N5O5S2. The number of amides is 1. The van der Waals surface area contributed by atoms with Crippen LogP contribution in [0.15, 0.2) is 69.9 Å². The zero-order chi connectivity index (χ0) is 26.4. The Morgan fingerprint density at radius 2 is 2.00 bits per heavy atom. The van der Waals surface area contributed by atoms with Crippen molar-refractivity contribution in [2.75, 3.05) is 24.1 Å². The maximum Gasteiger partial charge on any atom is 0.283 e. The molecule has 12 heteroatoms. The molecule has 2 aromatic carbocycles. The summed E-state index contributed by atoms with van der Waals surface area (Å²) in [4.78, 5) is 40.8. The molecule has 37 heavy (non-hydrogen) atoms. The number of methoxy groups -OCH3 is 1. The third kappa shape index (κ3) is 4.03. The van der Waals surface area contributed by atoms with E-state index in [0.717, 1.165) is 20.6 Å². The van der Waals surface area contributed by atoms with E-state index in [-0.39, 0.29) is 29.1 Å². The molecule has 0 spiro atoms. The lowest BCUT2D eigenvalue weighted by atomic mass is 10.2. The number of hydrogen-bond acceptors (Lipinski definition) is 9. The van der Waals surface area contributed by atoms with Crippen molar-refractivity contribution in [1.82, 2.24) is 4.57 Å². The van der Waals surface area contributed by atoms with E-state index in [9.17, 15) is 19.7 Å². The number of anilines is 2. The topological polar surface area (TPSA) is 110 Å². The van der Waals surface area contributed by atoms with Crippen molar-refractivity contribution >= 4 is 62.4 Å². The largest absolute Gasteiger partial charge is 0.497 e. The molecule has 0 fully saturated rings. The quantitative estimate of drug-likeness (QED) is 0.281. The van der Waals surface area contributed by atoms with Crippen LogP contribution in [-0.2, 0) is 11.3 Å². The summed E-state index contributed by atoms with van der Waals surface area (Å²) in [6.45, 7) is 5.66. The van der Waals surface area contributed by atoms with Crippen LogP contribution in [0.25, 0.3) is 10.6 Å². The minimum atomic E-state index is -0.529. The van der Waals surface area contributed by atoms with Crippen molar-refractivity contribution in [2.45, 2.75) is 18.4 Å². The molecule has 1 amide bonds. The van der Waals surface area contributed by atoms with Gasteiger partial charge in [0, 0.05) is 36.7 Å². The van der Waals surface area contributed by atoms with Crippen LogP contribution in [0.3, 0.4) is 0 Å². The molecule has 3 heterocycles. The van der Waals surface area contributed by atoms with Gasteiger partial charge in [0.05, 0.1) is 34.7 Å². The van der Waals surface area contributed by atoms with E-state index in [1.807, 2.05) is 30.1 Å². The van der Waals surface area contributed by atoms with Gasteiger partial charge in [0.1, 0.15) is 20.0 Å². The second-order valence-corrected chi connectivity index (χ2v) is 10.2. The van der Waals surface area contributed by atoms with Crippen molar-refractivity contribution in [1.29, 1.82) is 0 Å². The summed E-state index contributed by atoms with van der Waals surface area (Å²) in [5.41, 5.74) is 1.48. The fourth-order valence-electron chi connectivity index (χ4n) is 4.15. The van der Waals surface area contributed by atoms with Gasteiger partial charge in [-0.2, -0.15) is 10.1 Å². The summed E-state index contributed by atoms with van der Waals surface area (Å²) >= 11 is 2.69. The maximum atomic E-state index is 13.6. The number of hydrogen-bond donors (Lipinski definition) is 0. The Kier molecular flexibility index (Phi) is 6.21. The number of nitro groups is 1. The molecule has 0 radical (unpaired) electrons. The summed E-state index contributed by atoms with van der Waals surface area (Å²) < 4.78 is 7.81. The van der Waals surface area contributed by atoms with E-state index < -0.39 is 10.8 Å². The summed E-state index contributed by atoms with van der Waals surface area (Å²) in [5.74, 6) is 0.248. The first-order valence-electron chi connectivity index (χ1n) is 11.1. The van der Waals surface area contributed by atoms with E-state index in [1.165, 1.54) is 45.9 Å². The van der Waals surface area contributed by atoms with Crippen molar-refractivity contribution in [2.24, 2.45) is 5.10 Å². The lowest BCUT2D eigenvalue weighted by Crippen LogP contribution is -2.35. The lowest BCUT2D eigenvalue weighted by molar-refractivity contribution is -0.384. The van der Waals surface area contributed by atoms with Crippen LogP contribution in [-0.4, -0.2) is 35.3 Å². The van der Waals surface area contributed by atoms with Crippen LogP contribution in [0, 0.1) is 10.1 Å². The normalized spacial score (nSPS) is 17.7. The van der Waals surface area contributed by atoms with Crippen molar-refractivity contribution in [3.63, 3.8) is 0 Å². The van der Waals surface area contributed by atoms with Crippen LogP contribution in [0.2, 0.25) is 0 Å². The number of rotatable bonds is 5. The molecular weight excluding hydrogens is 514 g/mol. The summed E-state index contributed by atoms with van der Waals surface area (Å²) in [7, 11) is 3.49. The van der Waals surface area contributed by atoms with Crippen LogP contribution in [0.4, 0.5) is 17.1 Å². The molecule has 2 aliphatic rings. The molecule has 0 aliphatic carbocycles. The first-order chi connectivity index (χ1) is 17.7. The highest BCUT2D eigenvalue weighted by Crippen LogP contribution is 2.46. The number of hydrazone groups is 1. The van der Waals surface area contributed by atoms with Gasteiger partial charge in [0.2, 0.25) is 0 Å². The van der Waals surface area contributed by atoms with E-state index in [4.69, 9.17) is 4.74 Å². The number of fused-ring (bicyclic) bond motifs is 1. The van der Waals surface area contributed by atoms with Crippen molar-refractivity contribution < 1.29 is 14.5 Å². The monoisotopic (exact) mass is 535 g/mol. The van der Waals surface area contributed by atoms with Gasteiger partial charge in [-0.05, 0) is 25.1 Å². The fourth-order valence-corrected chi connectivity index (χ4v) is 6.68. The van der Waals surface area contributed by atoms with Crippen molar-refractivity contribution in [3.8, 4) is 5.75 Å². The number of aromatic nitrogens is 1. The van der Waals surface area contributed by atoms with Crippen LogP contribution in [0.1, 0.15) is 6.92 Å². The predicted molar refractivity (Wildman–Crippen MR) is 146 cm³/mol. The van der Waals surface area contributed by atoms with Gasteiger partial charge in [-0.25, -0.2) is 0 Å². The number of allylic oxidation sites excluding steroid dienone is 1. The molecule has 5 rings (SSSR count). The highest BCUT2D eigenvalue weighted by atomic mass is 32.2. The van der Waals surface area contributed by atoms with Gasteiger partial charge in [-0.1, -0.05) is 23.9 Å². The second-order valence-electron chi connectivity index (χ2n) is 8.19. The number of nitro benzene ring substituents is 1. The molecule has 0 saturated heterocycles. The molecule has 188 valence electrons. The third-order valence-electron chi connectivity index (χ3n) is 5.94. The zero-order valence-corrected chi connectivity index (χ0v) is 21.8. The van der Waals surface area contributed by atoms with Gasteiger partial charge < -0.3 is 9.64 Å². The minimum absolute atomic E-state index is 0.150. The minimum Gasteiger partial charge on any atom is -0.497 e. The molecule has 0 bridgehead atoms. The molecule has 0 saturated carbocycles. The number of carbonyl (C=O) groups excluding carboxylic acids is 1. The molecule has 1 aromatic heterocycles.